The molecule has 0 radical (unpaired) electrons. The van der Waals surface area contributed by atoms with Crippen molar-refractivity contribution in [2.75, 3.05) is 38.2 Å². The fourth-order valence-electron chi connectivity index (χ4n) is 4.10. The molecule has 1 aliphatic rings. The van der Waals surface area contributed by atoms with Crippen molar-refractivity contribution < 1.29 is 17.9 Å². The van der Waals surface area contributed by atoms with Crippen molar-refractivity contribution in [2.45, 2.75) is 4.90 Å². The fourth-order valence-corrected chi connectivity index (χ4v) is 5.53. The number of methoxy groups -OCH3 is 1. The van der Waals surface area contributed by atoms with Crippen LogP contribution in [0.5, 0.6) is 17.2 Å². The van der Waals surface area contributed by atoms with Crippen LogP contribution in [-0.2, 0) is 10.0 Å². The second-order valence-electron chi connectivity index (χ2n) is 8.25. The molecule has 5 rings (SSSR count). The van der Waals surface area contributed by atoms with Gasteiger partial charge in [0.05, 0.1) is 17.7 Å². The van der Waals surface area contributed by atoms with Crippen LogP contribution in [-0.4, -0.2) is 56.2 Å². The predicted molar refractivity (Wildman–Crippen MR) is 138 cm³/mol. The molecule has 0 aliphatic carbocycles. The monoisotopic (exact) mass is 502 g/mol. The van der Waals surface area contributed by atoms with Crippen LogP contribution in [0, 0.1) is 0 Å². The van der Waals surface area contributed by atoms with Gasteiger partial charge in [-0.25, -0.2) is 8.42 Å². The van der Waals surface area contributed by atoms with Gasteiger partial charge in [-0.05, 0) is 60.7 Å². The first-order valence-electron chi connectivity index (χ1n) is 11.6. The standard InChI is InChI=1S/C27H26N4O4S/c1-34-26-10-6-5-9-24(26)25-15-16-27(29-28-25)30-17-19-31(20-18-30)36(32,33)23-13-11-22(12-14-23)35-21-7-3-2-4-8-21/h2-16H,17-20H2,1H3. The van der Waals surface area contributed by atoms with Crippen molar-refractivity contribution in [1.82, 2.24) is 14.5 Å². The summed E-state index contributed by atoms with van der Waals surface area (Å²) in [6.07, 6.45) is 0. The molecule has 0 amide bonds. The molecule has 0 N–H and O–H groups in total. The summed E-state index contributed by atoms with van der Waals surface area (Å²) in [5.74, 6) is 2.73. The maximum atomic E-state index is 13.2. The first kappa shape index (κ1) is 23.8. The molecule has 8 nitrogen and oxygen atoms in total. The Hall–Kier alpha value is -3.95. The molecule has 1 saturated heterocycles. The van der Waals surface area contributed by atoms with Gasteiger partial charge in [-0.1, -0.05) is 30.3 Å². The SMILES string of the molecule is COc1ccccc1-c1ccc(N2CCN(S(=O)(=O)c3ccc(Oc4ccccc4)cc3)CC2)nn1. The van der Waals surface area contributed by atoms with E-state index in [9.17, 15) is 8.42 Å². The molecule has 3 aromatic carbocycles. The van der Waals surface area contributed by atoms with Crippen molar-refractivity contribution in [3.63, 3.8) is 0 Å². The first-order valence-corrected chi connectivity index (χ1v) is 13.0. The average Bonchev–Trinajstić information content (AvgIpc) is 2.94. The summed E-state index contributed by atoms with van der Waals surface area (Å²) in [6.45, 7) is 1.77. The van der Waals surface area contributed by atoms with Gasteiger partial charge in [0.2, 0.25) is 10.0 Å². The number of benzene rings is 3. The number of nitrogens with zero attached hydrogens (tertiary/aromatic N) is 4. The summed E-state index contributed by atoms with van der Waals surface area (Å²) in [5.41, 5.74) is 1.59. The molecule has 0 unspecified atom stereocenters. The molecule has 184 valence electrons. The summed E-state index contributed by atoms with van der Waals surface area (Å²) < 4.78 is 39.1. The van der Waals surface area contributed by atoms with Gasteiger partial charge in [0.15, 0.2) is 5.82 Å². The Labute approximate surface area is 210 Å². The number of ether oxygens (including phenoxy) is 2. The quantitative estimate of drug-likeness (QED) is 0.369. The molecule has 0 atom stereocenters. The molecule has 36 heavy (non-hydrogen) atoms. The second kappa shape index (κ2) is 10.3. The summed E-state index contributed by atoms with van der Waals surface area (Å²) in [7, 11) is -1.98. The van der Waals surface area contributed by atoms with E-state index >= 15 is 0 Å². The molecular formula is C27H26N4O4S. The number of hydrogen-bond donors (Lipinski definition) is 0. The number of piperazine rings is 1. The molecule has 1 aliphatic heterocycles. The second-order valence-corrected chi connectivity index (χ2v) is 10.2. The van der Waals surface area contributed by atoms with Crippen molar-refractivity contribution >= 4 is 15.8 Å². The topological polar surface area (TPSA) is 84.9 Å². The zero-order valence-electron chi connectivity index (χ0n) is 19.8. The lowest BCUT2D eigenvalue weighted by Crippen LogP contribution is -2.48. The third-order valence-corrected chi connectivity index (χ3v) is 7.95. The molecular weight excluding hydrogens is 476 g/mol. The van der Waals surface area contributed by atoms with Gasteiger partial charge in [-0.3, -0.25) is 0 Å². The minimum absolute atomic E-state index is 0.248. The fraction of sp³-hybridized carbons (Fsp3) is 0.185. The Balaban J connectivity index is 1.22. The maximum Gasteiger partial charge on any atom is 0.243 e. The van der Waals surface area contributed by atoms with E-state index in [1.807, 2.05) is 71.6 Å². The zero-order valence-corrected chi connectivity index (χ0v) is 20.6. The van der Waals surface area contributed by atoms with E-state index in [4.69, 9.17) is 9.47 Å². The Bertz CT molecular complexity index is 1400. The normalized spacial score (nSPS) is 14.4. The molecule has 2 heterocycles. The van der Waals surface area contributed by atoms with Gasteiger partial charge in [0, 0.05) is 31.7 Å². The molecule has 0 saturated carbocycles. The molecule has 1 fully saturated rings. The number of rotatable bonds is 7. The highest BCUT2D eigenvalue weighted by Gasteiger charge is 2.29. The van der Waals surface area contributed by atoms with Gasteiger partial charge < -0.3 is 14.4 Å². The summed E-state index contributed by atoms with van der Waals surface area (Å²) in [6, 6.07) is 27.4. The Morgan fingerprint density at radius 2 is 1.39 bits per heavy atom. The lowest BCUT2D eigenvalue weighted by molar-refractivity contribution is 0.383. The highest BCUT2D eigenvalue weighted by Crippen LogP contribution is 2.29. The summed E-state index contributed by atoms with van der Waals surface area (Å²) >= 11 is 0. The van der Waals surface area contributed by atoms with Crippen molar-refractivity contribution in [3.8, 4) is 28.5 Å². The van der Waals surface area contributed by atoms with E-state index in [-0.39, 0.29) is 4.90 Å². The van der Waals surface area contributed by atoms with E-state index in [0.29, 0.717) is 43.5 Å². The smallest absolute Gasteiger partial charge is 0.243 e. The van der Waals surface area contributed by atoms with Crippen LogP contribution in [0.1, 0.15) is 0 Å². The van der Waals surface area contributed by atoms with E-state index in [1.165, 1.54) is 4.31 Å². The van der Waals surface area contributed by atoms with Crippen LogP contribution >= 0.6 is 0 Å². The van der Waals surface area contributed by atoms with Gasteiger partial charge in [0.1, 0.15) is 17.2 Å². The highest BCUT2D eigenvalue weighted by atomic mass is 32.2. The summed E-state index contributed by atoms with van der Waals surface area (Å²) in [4.78, 5) is 2.29. The Kier molecular flexibility index (Phi) is 6.84. The predicted octanol–water partition coefficient (Wildman–Crippen LogP) is 4.46. The van der Waals surface area contributed by atoms with Crippen molar-refractivity contribution in [1.29, 1.82) is 0 Å². The number of anilines is 1. The Morgan fingerprint density at radius 3 is 2.06 bits per heavy atom. The minimum atomic E-state index is -3.61. The van der Waals surface area contributed by atoms with E-state index in [1.54, 1.807) is 31.4 Å². The minimum Gasteiger partial charge on any atom is -0.496 e. The number of sulfonamides is 1. The van der Waals surface area contributed by atoms with E-state index in [2.05, 4.69) is 10.2 Å². The average molecular weight is 503 g/mol. The third kappa shape index (κ3) is 5.02. The van der Waals surface area contributed by atoms with E-state index < -0.39 is 10.0 Å². The highest BCUT2D eigenvalue weighted by molar-refractivity contribution is 7.89. The number of hydrogen-bond acceptors (Lipinski definition) is 7. The number of aromatic nitrogens is 2. The van der Waals surface area contributed by atoms with Gasteiger partial charge in [-0.2, -0.15) is 4.31 Å². The first-order chi connectivity index (χ1) is 17.5. The van der Waals surface area contributed by atoms with Crippen molar-refractivity contribution in [2.24, 2.45) is 0 Å². The van der Waals surface area contributed by atoms with Crippen LogP contribution in [0.25, 0.3) is 11.3 Å². The lowest BCUT2D eigenvalue weighted by atomic mass is 10.1. The van der Waals surface area contributed by atoms with Gasteiger partial charge in [-0.15, -0.1) is 10.2 Å². The van der Waals surface area contributed by atoms with Crippen LogP contribution in [0.2, 0.25) is 0 Å². The van der Waals surface area contributed by atoms with Crippen LogP contribution in [0.3, 0.4) is 0 Å². The molecule has 1 aromatic heterocycles. The van der Waals surface area contributed by atoms with Crippen molar-refractivity contribution in [3.05, 3.63) is 91.0 Å². The van der Waals surface area contributed by atoms with Crippen LogP contribution in [0.4, 0.5) is 5.82 Å². The molecule has 0 bridgehead atoms. The summed E-state index contributed by atoms with van der Waals surface area (Å²) in [5, 5.41) is 8.75. The Morgan fingerprint density at radius 1 is 0.722 bits per heavy atom. The maximum absolute atomic E-state index is 13.2. The third-order valence-electron chi connectivity index (χ3n) is 6.04. The zero-order chi connectivity index (χ0) is 25.0. The van der Waals surface area contributed by atoms with Crippen LogP contribution in [0.15, 0.2) is 95.9 Å². The molecule has 0 spiro atoms. The van der Waals surface area contributed by atoms with Gasteiger partial charge >= 0.3 is 0 Å². The lowest BCUT2D eigenvalue weighted by Gasteiger charge is -2.34. The molecule has 4 aromatic rings. The van der Waals surface area contributed by atoms with E-state index in [0.717, 1.165) is 17.0 Å². The van der Waals surface area contributed by atoms with Crippen LogP contribution < -0.4 is 14.4 Å². The largest absolute Gasteiger partial charge is 0.496 e. The number of para-hydroxylation sites is 2. The van der Waals surface area contributed by atoms with Gasteiger partial charge in [0.25, 0.3) is 0 Å². The molecule has 9 heteroatoms.